The SMILES string of the molecule is Cc1nc2cc(C(=O)Nc3cc(C(F)(F)F)c[nH]c3=O)ccc2n1-c1ccccc1. The molecular weight excluding hydrogens is 397 g/mol. The molecule has 0 bridgehead atoms. The van der Waals surface area contributed by atoms with Gasteiger partial charge in [-0.1, -0.05) is 18.2 Å². The van der Waals surface area contributed by atoms with E-state index in [1.807, 2.05) is 46.8 Å². The summed E-state index contributed by atoms with van der Waals surface area (Å²) in [5, 5.41) is 2.24. The maximum Gasteiger partial charge on any atom is 0.417 e. The Morgan fingerprint density at radius 1 is 1.10 bits per heavy atom. The summed E-state index contributed by atoms with van der Waals surface area (Å²) < 4.78 is 40.5. The molecule has 152 valence electrons. The Bertz CT molecular complexity index is 1310. The smallest absolute Gasteiger partial charge is 0.327 e. The second kappa shape index (κ2) is 7.18. The zero-order valence-electron chi connectivity index (χ0n) is 15.6. The van der Waals surface area contributed by atoms with Gasteiger partial charge in [-0.2, -0.15) is 13.2 Å². The summed E-state index contributed by atoms with van der Waals surface area (Å²) in [6.07, 6.45) is -4.09. The first-order valence-corrected chi connectivity index (χ1v) is 8.90. The lowest BCUT2D eigenvalue weighted by atomic mass is 10.1. The summed E-state index contributed by atoms with van der Waals surface area (Å²) in [4.78, 5) is 30.8. The molecular formula is C21H15F3N4O2. The van der Waals surface area contributed by atoms with Crippen LogP contribution >= 0.6 is 0 Å². The lowest BCUT2D eigenvalue weighted by Crippen LogP contribution is -2.21. The summed E-state index contributed by atoms with van der Waals surface area (Å²) in [5.41, 5.74) is 0.00368. The molecule has 0 saturated heterocycles. The number of pyridine rings is 1. The van der Waals surface area contributed by atoms with Crippen LogP contribution in [0.4, 0.5) is 18.9 Å². The summed E-state index contributed by atoms with van der Waals surface area (Å²) in [6.45, 7) is 1.83. The van der Waals surface area contributed by atoms with Crippen LogP contribution in [0.1, 0.15) is 21.7 Å². The van der Waals surface area contributed by atoms with Crippen LogP contribution in [0.5, 0.6) is 0 Å². The lowest BCUT2D eigenvalue weighted by molar-refractivity contribution is -0.137. The highest BCUT2D eigenvalue weighted by atomic mass is 19.4. The van der Waals surface area contributed by atoms with Crippen molar-refractivity contribution in [2.75, 3.05) is 5.32 Å². The predicted octanol–water partition coefficient (Wildman–Crippen LogP) is 4.29. The van der Waals surface area contributed by atoms with Crippen LogP contribution in [-0.4, -0.2) is 20.4 Å². The average Bonchev–Trinajstić information content (AvgIpc) is 3.04. The number of hydrogen-bond acceptors (Lipinski definition) is 3. The van der Waals surface area contributed by atoms with E-state index >= 15 is 0 Å². The highest BCUT2D eigenvalue weighted by Crippen LogP contribution is 2.29. The number of halogens is 3. The number of aromatic nitrogens is 3. The minimum absolute atomic E-state index is 0.164. The van der Waals surface area contributed by atoms with Crippen molar-refractivity contribution in [2.45, 2.75) is 13.1 Å². The summed E-state index contributed by atoms with van der Waals surface area (Å²) >= 11 is 0. The van der Waals surface area contributed by atoms with Gasteiger partial charge in [0.15, 0.2) is 0 Å². The minimum Gasteiger partial charge on any atom is -0.327 e. The molecule has 6 nitrogen and oxygen atoms in total. The number of imidazole rings is 1. The number of nitrogens with zero attached hydrogens (tertiary/aromatic N) is 2. The van der Waals surface area contributed by atoms with E-state index in [9.17, 15) is 22.8 Å². The number of amides is 1. The van der Waals surface area contributed by atoms with Crippen molar-refractivity contribution in [3.63, 3.8) is 0 Å². The number of hydrogen-bond donors (Lipinski definition) is 2. The quantitative estimate of drug-likeness (QED) is 0.527. The molecule has 2 aromatic heterocycles. The molecule has 1 amide bonds. The number of rotatable bonds is 3. The van der Waals surface area contributed by atoms with Gasteiger partial charge in [-0.3, -0.25) is 14.2 Å². The van der Waals surface area contributed by atoms with Crippen molar-refractivity contribution < 1.29 is 18.0 Å². The van der Waals surface area contributed by atoms with Crippen LogP contribution in [0, 0.1) is 6.92 Å². The number of carbonyl (C=O) groups excluding carboxylic acids is 1. The molecule has 0 unspecified atom stereocenters. The molecule has 4 aromatic rings. The van der Waals surface area contributed by atoms with Crippen LogP contribution in [0.2, 0.25) is 0 Å². The van der Waals surface area contributed by atoms with Crippen LogP contribution in [0.25, 0.3) is 16.7 Å². The standard InChI is InChI=1S/C21H15F3N4O2/c1-12-26-16-9-13(7-8-18(16)28(12)15-5-3-2-4-6-15)19(29)27-17-10-14(21(22,23)24)11-25-20(17)30/h2-11H,1H3,(H,25,30)(H,27,29). The van der Waals surface area contributed by atoms with Gasteiger partial charge >= 0.3 is 6.18 Å². The van der Waals surface area contributed by atoms with Gasteiger partial charge in [-0.25, -0.2) is 4.98 Å². The van der Waals surface area contributed by atoms with Crippen molar-refractivity contribution in [1.82, 2.24) is 14.5 Å². The fourth-order valence-electron chi connectivity index (χ4n) is 3.18. The van der Waals surface area contributed by atoms with Crippen LogP contribution in [0.3, 0.4) is 0 Å². The van der Waals surface area contributed by atoms with E-state index in [0.717, 1.165) is 11.2 Å². The van der Waals surface area contributed by atoms with E-state index in [-0.39, 0.29) is 5.56 Å². The van der Waals surface area contributed by atoms with Crippen LogP contribution in [-0.2, 0) is 6.18 Å². The molecule has 0 atom stereocenters. The number of alkyl halides is 3. The fourth-order valence-corrected chi connectivity index (χ4v) is 3.18. The molecule has 2 N–H and O–H groups in total. The zero-order chi connectivity index (χ0) is 21.5. The summed E-state index contributed by atoms with van der Waals surface area (Å²) in [6, 6.07) is 14.9. The lowest BCUT2D eigenvalue weighted by Gasteiger charge is -2.09. The fraction of sp³-hybridized carbons (Fsp3) is 0.0952. The maximum atomic E-state index is 12.9. The van der Waals surface area contributed by atoms with Gasteiger partial charge in [0, 0.05) is 17.4 Å². The molecule has 0 aliphatic rings. The van der Waals surface area contributed by atoms with Gasteiger partial charge < -0.3 is 10.3 Å². The van der Waals surface area contributed by atoms with E-state index in [1.165, 1.54) is 12.1 Å². The number of aryl methyl sites for hydroxylation is 1. The highest BCUT2D eigenvalue weighted by molar-refractivity contribution is 6.06. The molecule has 4 rings (SSSR count). The third-order valence-electron chi connectivity index (χ3n) is 4.58. The van der Waals surface area contributed by atoms with Gasteiger partial charge in [0.2, 0.25) is 0 Å². The first kappa shape index (κ1) is 19.4. The van der Waals surface area contributed by atoms with Crippen molar-refractivity contribution >= 4 is 22.6 Å². The monoisotopic (exact) mass is 412 g/mol. The second-order valence-electron chi connectivity index (χ2n) is 6.62. The van der Waals surface area contributed by atoms with Crippen LogP contribution in [0.15, 0.2) is 65.6 Å². The number of benzene rings is 2. The Hall–Kier alpha value is -3.88. The van der Waals surface area contributed by atoms with Crippen LogP contribution < -0.4 is 10.9 Å². The normalized spacial score (nSPS) is 11.6. The molecule has 0 radical (unpaired) electrons. The first-order chi connectivity index (χ1) is 14.2. The third kappa shape index (κ3) is 3.57. The Kier molecular flexibility index (Phi) is 4.65. The van der Waals surface area contributed by atoms with Crippen molar-refractivity contribution in [2.24, 2.45) is 0 Å². The molecule has 0 aliphatic carbocycles. The van der Waals surface area contributed by atoms with E-state index in [0.29, 0.717) is 23.6 Å². The first-order valence-electron chi connectivity index (χ1n) is 8.90. The van der Waals surface area contributed by atoms with Gasteiger partial charge in [0.1, 0.15) is 11.5 Å². The third-order valence-corrected chi connectivity index (χ3v) is 4.58. The molecule has 9 heteroatoms. The average molecular weight is 412 g/mol. The Balaban J connectivity index is 1.68. The number of fused-ring (bicyclic) bond motifs is 1. The molecule has 0 spiro atoms. The van der Waals surface area contributed by atoms with E-state index < -0.39 is 28.9 Å². The van der Waals surface area contributed by atoms with E-state index in [4.69, 9.17) is 0 Å². The largest absolute Gasteiger partial charge is 0.417 e. The molecule has 0 aliphatic heterocycles. The summed E-state index contributed by atoms with van der Waals surface area (Å²) in [7, 11) is 0. The number of nitrogens with one attached hydrogen (secondary N) is 2. The maximum absolute atomic E-state index is 12.9. The van der Waals surface area contributed by atoms with Gasteiger partial charge in [-0.05, 0) is 43.3 Å². The number of carbonyl (C=O) groups is 1. The van der Waals surface area contributed by atoms with Crippen molar-refractivity contribution in [3.05, 3.63) is 88.1 Å². The highest BCUT2D eigenvalue weighted by Gasteiger charge is 2.31. The van der Waals surface area contributed by atoms with Gasteiger partial charge in [-0.15, -0.1) is 0 Å². The molecule has 2 aromatic carbocycles. The Morgan fingerprint density at radius 2 is 1.83 bits per heavy atom. The number of H-pyrrole nitrogens is 1. The predicted molar refractivity (Wildman–Crippen MR) is 106 cm³/mol. The molecule has 30 heavy (non-hydrogen) atoms. The van der Waals surface area contributed by atoms with E-state index in [2.05, 4.69) is 10.3 Å². The second-order valence-corrected chi connectivity index (χ2v) is 6.62. The molecule has 0 fully saturated rings. The Morgan fingerprint density at radius 3 is 2.53 bits per heavy atom. The van der Waals surface area contributed by atoms with E-state index in [1.54, 1.807) is 6.07 Å². The molecule has 0 saturated carbocycles. The molecule has 2 heterocycles. The zero-order valence-corrected chi connectivity index (χ0v) is 15.6. The number of anilines is 1. The number of aromatic amines is 1. The summed E-state index contributed by atoms with van der Waals surface area (Å²) in [5.74, 6) is -0.00304. The van der Waals surface area contributed by atoms with Gasteiger partial charge in [0.25, 0.3) is 11.5 Å². The van der Waals surface area contributed by atoms with Gasteiger partial charge in [0.05, 0.1) is 16.6 Å². The topological polar surface area (TPSA) is 79.8 Å². The number of para-hydroxylation sites is 1. The Labute approximate surface area is 168 Å². The van der Waals surface area contributed by atoms with Crippen molar-refractivity contribution in [3.8, 4) is 5.69 Å². The minimum atomic E-state index is -4.65. The van der Waals surface area contributed by atoms with Crippen molar-refractivity contribution in [1.29, 1.82) is 0 Å².